The summed E-state index contributed by atoms with van der Waals surface area (Å²) in [5.41, 5.74) is 4.85. The van der Waals surface area contributed by atoms with Gasteiger partial charge in [-0.2, -0.15) is 10.2 Å². The molecule has 1 aliphatic rings. The van der Waals surface area contributed by atoms with Crippen LogP contribution < -0.4 is 4.90 Å². The van der Waals surface area contributed by atoms with E-state index < -0.39 is 0 Å². The molecule has 0 radical (unpaired) electrons. The Balaban J connectivity index is 1.52. The fraction of sp³-hybridized carbons (Fsp3) is 0.350. The molecule has 5 nitrogen and oxygen atoms in total. The maximum Gasteiger partial charge on any atom is 0.151 e. The van der Waals surface area contributed by atoms with E-state index in [9.17, 15) is 0 Å². The monoisotopic (exact) mass is 333 g/mol. The molecule has 0 saturated carbocycles. The molecule has 1 atom stereocenters. The molecule has 3 heterocycles. The van der Waals surface area contributed by atoms with Gasteiger partial charge in [0.15, 0.2) is 5.82 Å². The molecule has 4 rings (SSSR count). The Morgan fingerprint density at radius 2 is 2.00 bits per heavy atom. The molecule has 0 amide bonds. The number of piperidine rings is 1. The van der Waals surface area contributed by atoms with Crippen LogP contribution in [0.25, 0.3) is 0 Å². The highest BCUT2D eigenvalue weighted by Crippen LogP contribution is 2.30. The highest BCUT2D eigenvalue weighted by atomic mass is 15.3. The summed E-state index contributed by atoms with van der Waals surface area (Å²) in [6.45, 7) is 3.97. The van der Waals surface area contributed by atoms with Gasteiger partial charge in [-0.25, -0.2) is 0 Å². The lowest BCUT2D eigenvalue weighted by Crippen LogP contribution is -2.35. The molecule has 5 heteroatoms. The van der Waals surface area contributed by atoms with Crippen molar-refractivity contribution in [3.63, 3.8) is 0 Å². The minimum Gasteiger partial charge on any atom is -0.354 e. The number of rotatable bonds is 4. The second-order valence-corrected chi connectivity index (χ2v) is 6.79. The van der Waals surface area contributed by atoms with Gasteiger partial charge in [-0.05, 0) is 43.0 Å². The number of anilines is 1. The maximum atomic E-state index is 4.36. The van der Waals surface area contributed by atoms with E-state index in [0.717, 1.165) is 37.4 Å². The van der Waals surface area contributed by atoms with Gasteiger partial charge < -0.3 is 4.90 Å². The fourth-order valence-corrected chi connectivity index (χ4v) is 3.61. The predicted molar refractivity (Wildman–Crippen MR) is 98.8 cm³/mol. The number of hydrogen-bond acceptors (Lipinski definition) is 4. The van der Waals surface area contributed by atoms with E-state index in [1.807, 2.05) is 19.2 Å². The Morgan fingerprint density at radius 1 is 1.12 bits per heavy atom. The van der Waals surface area contributed by atoms with E-state index >= 15 is 0 Å². The second-order valence-electron chi connectivity index (χ2n) is 6.79. The van der Waals surface area contributed by atoms with Crippen LogP contribution in [0.3, 0.4) is 0 Å². The molecule has 25 heavy (non-hydrogen) atoms. The van der Waals surface area contributed by atoms with Gasteiger partial charge in [-0.3, -0.25) is 5.10 Å². The highest BCUT2D eigenvalue weighted by molar-refractivity contribution is 5.40. The van der Waals surface area contributed by atoms with Crippen LogP contribution in [-0.2, 0) is 6.42 Å². The first-order valence-corrected chi connectivity index (χ1v) is 8.91. The number of aromatic amines is 1. The van der Waals surface area contributed by atoms with E-state index in [-0.39, 0.29) is 0 Å². The third kappa shape index (κ3) is 3.55. The van der Waals surface area contributed by atoms with Crippen molar-refractivity contribution in [2.75, 3.05) is 18.0 Å². The Hall–Kier alpha value is -2.69. The van der Waals surface area contributed by atoms with Gasteiger partial charge in [0.25, 0.3) is 0 Å². The zero-order valence-corrected chi connectivity index (χ0v) is 14.5. The molecule has 1 aromatic carbocycles. The van der Waals surface area contributed by atoms with Crippen LogP contribution in [0.2, 0.25) is 0 Å². The number of hydrogen-bond donors (Lipinski definition) is 1. The molecule has 1 N–H and O–H groups in total. The zero-order chi connectivity index (χ0) is 17.1. The zero-order valence-electron chi connectivity index (χ0n) is 14.5. The van der Waals surface area contributed by atoms with Crippen LogP contribution in [0.1, 0.15) is 41.3 Å². The topological polar surface area (TPSA) is 57.7 Å². The number of benzene rings is 1. The third-order valence-electron chi connectivity index (χ3n) is 4.93. The predicted octanol–water partition coefficient (Wildman–Crippen LogP) is 3.48. The lowest BCUT2D eigenvalue weighted by Gasteiger charge is -2.33. The molecule has 0 bridgehead atoms. The first-order valence-electron chi connectivity index (χ1n) is 8.91. The molecular formula is C20H23N5. The van der Waals surface area contributed by atoms with Crippen molar-refractivity contribution in [3.05, 3.63) is 71.2 Å². The van der Waals surface area contributed by atoms with Crippen molar-refractivity contribution in [3.8, 4) is 0 Å². The summed E-state index contributed by atoms with van der Waals surface area (Å²) in [5, 5.41) is 16.2. The Kier molecular flexibility index (Phi) is 4.46. The normalized spacial score (nSPS) is 17.6. The molecule has 2 aromatic heterocycles. The number of H-pyrrole nitrogens is 1. The summed E-state index contributed by atoms with van der Waals surface area (Å²) in [4.78, 5) is 2.34. The minimum absolute atomic E-state index is 0.457. The smallest absolute Gasteiger partial charge is 0.151 e. The van der Waals surface area contributed by atoms with Crippen LogP contribution in [0.4, 0.5) is 5.82 Å². The molecule has 0 aliphatic carbocycles. The quantitative estimate of drug-likeness (QED) is 0.794. The summed E-state index contributed by atoms with van der Waals surface area (Å²) in [6.07, 6.45) is 5.24. The van der Waals surface area contributed by atoms with E-state index in [4.69, 9.17) is 0 Å². The van der Waals surface area contributed by atoms with E-state index in [0.29, 0.717) is 5.92 Å². The summed E-state index contributed by atoms with van der Waals surface area (Å²) in [6, 6.07) is 14.7. The van der Waals surface area contributed by atoms with Crippen LogP contribution in [-0.4, -0.2) is 33.5 Å². The molecular weight excluding hydrogens is 310 g/mol. The Morgan fingerprint density at radius 3 is 2.80 bits per heavy atom. The summed E-state index contributed by atoms with van der Waals surface area (Å²) in [7, 11) is 0. The Bertz CT molecular complexity index is 810. The van der Waals surface area contributed by atoms with E-state index in [2.05, 4.69) is 61.7 Å². The van der Waals surface area contributed by atoms with E-state index in [1.54, 1.807) is 0 Å². The molecule has 0 spiro atoms. The maximum absolute atomic E-state index is 4.36. The standard InChI is InChI=1S/C20H23N5/c1-15-9-10-19(23-22-15)25-11-5-8-17(14-25)20-18(13-21-24-20)12-16-6-3-2-4-7-16/h2-4,6-7,9-10,13,17H,5,8,11-12,14H2,1H3,(H,21,24)/t17-/m0/s1. The largest absolute Gasteiger partial charge is 0.354 e. The number of aromatic nitrogens is 4. The lowest BCUT2D eigenvalue weighted by molar-refractivity contribution is 0.494. The van der Waals surface area contributed by atoms with Crippen molar-refractivity contribution in [2.24, 2.45) is 0 Å². The van der Waals surface area contributed by atoms with Gasteiger partial charge in [-0.1, -0.05) is 30.3 Å². The SMILES string of the molecule is Cc1ccc(N2CCC[C@H](c3[nH]ncc3Cc3ccccc3)C2)nn1. The van der Waals surface area contributed by atoms with Gasteiger partial charge in [-0.15, -0.1) is 5.10 Å². The lowest BCUT2D eigenvalue weighted by atomic mass is 9.91. The van der Waals surface area contributed by atoms with Crippen molar-refractivity contribution >= 4 is 5.82 Å². The average molecular weight is 333 g/mol. The fourth-order valence-electron chi connectivity index (χ4n) is 3.61. The van der Waals surface area contributed by atoms with Crippen LogP contribution >= 0.6 is 0 Å². The molecule has 128 valence electrons. The van der Waals surface area contributed by atoms with Gasteiger partial charge in [0, 0.05) is 31.1 Å². The summed E-state index contributed by atoms with van der Waals surface area (Å²) < 4.78 is 0. The van der Waals surface area contributed by atoms with E-state index in [1.165, 1.54) is 23.2 Å². The van der Waals surface area contributed by atoms with Crippen molar-refractivity contribution in [1.29, 1.82) is 0 Å². The average Bonchev–Trinajstić information content (AvgIpc) is 3.11. The summed E-state index contributed by atoms with van der Waals surface area (Å²) >= 11 is 0. The molecule has 1 saturated heterocycles. The summed E-state index contributed by atoms with van der Waals surface area (Å²) in [5.74, 6) is 1.43. The highest BCUT2D eigenvalue weighted by Gasteiger charge is 2.25. The number of nitrogens with one attached hydrogen (secondary N) is 1. The second kappa shape index (κ2) is 7.05. The first-order chi connectivity index (χ1) is 12.3. The number of nitrogens with zero attached hydrogens (tertiary/aromatic N) is 4. The van der Waals surface area contributed by atoms with Gasteiger partial charge in [0.05, 0.1) is 11.9 Å². The van der Waals surface area contributed by atoms with Crippen molar-refractivity contribution in [2.45, 2.75) is 32.1 Å². The van der Waals surface area contributed by atoms with Crippen LogP contribution in [0.5, 0.6) is 0 Å². The number of aryl methyl sites for hydroxylation is 1. The minimum atomic E-state index is 0.457. The molecule has 1 aliphatic heterocycles. The van der Waals surface area contributed by atoms with Gasteiger partial charge in [0.2, 0.25) is 0 Å². The van der Waals surface area contributed by atoms with Crippen LogP contribution in [0.15, 0.2) is 48.7 Å². The Labute approximate surface area is 148 Å². The first kappa shape index (κ1) is 15.8. The van der Waals surface area contributed by atoms with Crippen molar-refractivity contribution in [1.82, 2.24) is 20.4 Å². The van der Waals surface area contributed by atoms with Crippen LogP contribution in [0, 0.1) is 6.92 Å². The van der Waals surface area contributed by atoms with Gasteiger partial charge >= 0.3 is 0 Å². The third-order valence-corrected chi connectivity index (χ3v) is 4.93. The van der Waals surface area contributed by atoms with Crippen molar-refractivity contribution < 1.29 is 0 Å². The molecule has 1 fully saturated rings. The molecule has 0 unspecified atom stereocenters. The molecule has 3 aromatic rings. The van der Waals surface area contributed by atoms with Gasteiger partial charge in [0.1, 0.15) is 0 Å².